The summed E-state index contributed by atoms with van der Waals surface area (Å²) in [5.74, 6) is 1.27. The lowest BCUT2D eigenvalue weighted by Gasteiger charge is -2.37. The number of pyridine rings is 1. The third-order valence-corrected chi connectivity index (χ3v) is 5.13. The molecule has 1 N–H and O–H groups in total. The molecule has 4 heterocycles. The van der Waals surface area contributed by atoms with E-state index in [4.69, 9.17) is 9.26 Å². The fourth-order valence-corrected chi connectivity index (χ4v) is 3.52. The van der Waals surface area contributed by atoms with E-state index in [0.29, 0.717) is 31.1 Å². The zero-order chi connectivity index (χ0) is 17.3. The summed E-state index contributed by atoms with van der Waals surface area (Å²) in [6.07, 6.45) is 5.06. The molecule has 0 spiro atoms. The highest BCUT2D eigenvalue weighted by molar-refractivity contribution is 5.18. The molecule has 1 atom stereocenters. The predicted octanol–water partition coefficient (Wildman–Crippen LogP) is 2.11. The van der Waals surface area contributed by atoms with E-state index in [2.05, 4.69) is 20.0 Å². The van der Waals surface area contributed by atoms with E-state index in [1.54, 1.807) is 0 Å². The van der Waals surface area contributed by atoms with Gasteiger partial charge in [0.25, 0.3) is 5.89 Å². The highest BCUT2D eigenvalue weighted by atomic mass is 16.5. The second-order valence-corrected chi connectivity index (χ2v) is 7.08. The summed E-state index contributed by atoms with van der Waals surface area (Å²) in [5.41, 5.74) is 1.02. The highest BCUT2D eigenvalue weighted by Crippen LogP contribution is 2.32. The van der Waals surface area contributed by atoms with E-state index >= 15 is 0 Å². The number of piperidine rings is 1. The summed E-state index contributed by atoms with van der Waals surface area (Å²) in [6, 6.07) is 3.93. The number of aryl methyl sites for hydroxylation is 1. The van der Waals surface area contributed by atoms with Crippen molar-refractivity contribution < 1.29 is 14.4 Å². The second kappa shape index (κ2) is 6.82. The Morgan fingerprint density at radius 2 is 2.16 bits per heavy atom. The molecule has 2 aromatic rings. The van der Waals surface area contributed by atoms with Crippen LogP contribution in [0.4, 0.5) is 0 Å². The first kappa shape index (κ1) is 16.6. The van der Waals surface area contributed by atoms with Crippen LogP contribution in [0.5, 0.6) is 0 Å². The molecular weight excluding hydrogens is 320 g/mol. The van der Waals surface area contributed by atoms with Crippen molar-refractivity contribution in [3.63, 3.8) is 0 Å². The molecule has 2 saturated heterocycles. The molecule has 2 aliphatic rings. The third-order valence-electron chi connectivity index (χ3n) is 5.13. The SMILES string of the molecule is Cc1ccc(C2(O)CCN(Cc3noc([C@@H]4CCCO4)n3)CC2)nc1. The Morgan fingerprint density at radius 1 is 1.32 bits per heavy atom. The molecule has 0 aromatic carbocycles. The number of aliphatic hydroxyl groups is 1. The predicted molar refractivity (Wildman–Crippen MR) is 89.6 cm³/mol. The Kier molecular flexibility index (Phi) is 4.54. The van der Waals surface area contributed by atoms with Gasteiger partial charge in [-0.15, -0.1) is 0 Å². The summed E-state index contributed by atoms with van der Waals surface area (Å²) >= 11 is 0. The smallest absolute Gasteiger partial charge is 0.255 e. The van der Waals surface area contributed by atoms with Crippen molar-refractivity contribution in [1.82, 2.24) is 20.0 Å². The second-order valence-electron chi connectivity index (χ2n) is 7.08. The fraction of sp³-hybridized carbons (Fsp3) is 0.611. The molecule has 2 aliphatic heterocycles. The molecule has 2 aromatic heterocycles. The van der Waals surface area contributed by atoms with Crippen molar-refractivity contribution >= 4 is 0 Å². The largest absolute Gasteiger partial charge is 0.383 e. The van der Waals surface area contributed by atoms with Gasteiger partial charge >= 0.3 is 0 Å². The van der Waals surface area contributed by atoms with Gasteiger partial charge in [0.15, 0.2) is 5.82 Å². The summed E-state index contributed by atoms with van der Waals surface area (Å²) in [4.78, 5) is 11.1. The average Bonchev–Trinajstić information content (AvgIpc) is 3.29. The van der Waals surface area contributed by atoms with Crippen LogP contribution in [0.25, 0.3) is 0 Å². The molecule has 134 valence electrons. The van der Waals surface area contributed by atoms with Crippen LogP contribution >= 0.6 is 0 Å². The molecule has 0 unspecified atom stereocenters. The van der Waals surface area contributed by atoms with Crippen LogP contribution in [0.1, 0.15) is 54.8 Å². The minimum Gasteiger partial charge on any atom is -0.383 e. The van der Waals surface area contributed by atoms with Crippen molar-refractivity contribution in [2.45, 2.75) is 50.9 Å². The summed E-state index contributed by atoms with van der Waals surface area (Å²) < 4.78 is 10.9. The third kappa shape index (κ3) is 3.58. The van der Waals surface area contributed by atoms with Crippen molar-refractivity contribution in [2.75, 3.05) is 19.7 Å². The van der Waals surface area contributed by atoms with Gasteiger partial charge in [0.2, 0.25) is 0 Å². The lowest BCUT2D eigenvalue weighted by atomic mass is 9.87. The van der Waals surface area contributed by atoms with Gasteiger partial charge in [-0.25, -0.2) is 0 Å². The number of hydrogen-bond donors (Lipinski definition) is 1. The minimum atomic E-state index is -0.843. The number of nitrogens with zero attached hydrogens (tertiary/aromatic N) is 4. The Balaban J connectivity index is 1.35. The Bertz CT molecular complexity index is 701. The standard InChI is InChI=1S/C18H24N4O3/c1-13-4-5-15(19-11-13)18(23)6-8-22(9-7-18)12-16-20-17(25-21-16)14-3-2-10-24-14/h4-5,11,14,23H,2-3,6-10,12H2,1H3/t14-/m0/s1. The molecule has 0 radical (unpaired) electrons. The maximum atomic E-state index is 10.9. The minimum absolute atomic E-state index is 0.0414. The number of hydrogen-bond acceptors (Lipinski definition) is 7. The molecule has 7 nitrogen and oxygen atoms in total. The first-order valence-corrected chi connectivity index (χ1v) is 8.94. The van der Waals surface area contributed by atoms with Gasteiger partial charge in [-0.05, 0) is 44.2 Å². The van der Waals surface area contributed by atoms with Gasteiger partial charge in [-0.3, -0.25) is 9.88 Å². The zero-order valence-electron chi connectivity index (χ0n) is 14.5. The van der Waals surface area contributed by atoms with Gasteiger partial charge in [-0.2, -0.15) is 4.98 Å². The summed E-state index contributed by atoms with van der Waals surface area (Å²) in [6.45, 7) is 4.94. The average molecular weight is 344 g/mol. The first-order valence-electron chi connectivity index (χ1n) is 8.94. The molecule has 4 rings (SSSR count). The van der Waals surface area contributed by atoms with E-state index < -0.39 is 5.60 Å². The van der Waals surface area contributed by atoms with Crippen molar-refractivity contribution in [3.8, 4) is 0 Å². The van der Waals surface area contributed by atoms with Crippen LogP contribution in [-0.4, -0.2) is 44.8 Å². The van der Waals surface area contributed by atoms with Crippen LogP contribution in [-0.2, 0) is 16.9 Å². The monoisotopic (exact) mass is 344 g/mol. The van der Waals surface area contributed by atoms with Crippen LogP contribution in [0.3, 0.4) is 0 Å². The lowest BCUT2D eigenvalue weighted by molar-refractivity contribution is -0.0316. The fourth-order valence-electron chi connectivity index (χ4n) is 3.52. The number of aromatic nitrogens is 3. The van der Waals surface area contributed by atoms with E-state index in [1.807, 2.05) is 25.3 Å². The van der Waals surface area contributed by atoms with E-state index in [0.717, 1.165) is 43.8 Å². The molecule has 0 aliphatic carbocycles. The number of likely N-dealkylation sites (tertiary alicyclic amines) is 1. The van der Waals surface area contributed by atoms with Crippen LogP contribution in [0.15, 0.2) is 22.9 Å². The van der Waals surface area contributed by atoms with Crippen LogP contribution in [0.2, 0.25) is 0 Å². The van der Waals surface area contributed by atoms with Crippen LogP contribution in [0, 0.1) is 6.92 Å². The van der Waals surface area contributed by atoms with Crippen molar-refractivity contribution in [3.05, 3.63) is 41.3 Å². The number of rotatable bonds is 4. The number of ether oxygens (including phenoxy) is 1. The maximum absolute atomic E-state index is 10.9. The quantitative estimate of drug-likeness (QED) is 0.909. The molecule has 0 amide bonds. The Hall–Kier alpha value is -1.83. The van der Waals surface area contributed by atoms with Gasteiger partial charge in [0.1, 0.15) is 11.7 Å². The Labute approximate surface area is 147 Å². The normalized spacial score (nSPS) is 23.8. The molecule has 0 bridgehead atoms. The topological polar surface area (TPSA) is 84.5 Å². The van der Waals surface area contributed by atoms with Gasteiger partial charge in [0.05, 0.1) is 12.2 Å². The molecule has 25 heavy (non-hydrogen) atoms. The lowest BCUT2D eigenvalue weighted by Crippen LogP contribution is -2.42. The summed E-state index contributed by atoms with van der Waals surface area (Å²) in [5, 5.41) is 15.0. The van der Waals surface area contributed by atoms with Crippen LogP contribution < -0.4 is 0 Å². The van der Waals surface area contributed by atoms with E-state index in [-0.39, 0.29) is 6.10 Å². The van der Waals surface area contributed by atoms with E-state index in [9.17, 15) is 5.11 Å². The van der Waals surface area contributed by atoms with Crippen molar-refractivity contribution in [2.24, 2.45) is 0 Å². The molecule has 0 saturated carbocycles. The van der Waals surface area contributed by atoms with Gasteiger partial charge in [-0.1, -0.05) is 11.2 Å². The first-order chi connectivity index (χ1) is 12.1. The highest BCUT2D eigenvalue weighted by Gasteiger charge is 2.35. The van der Waals surface area contributed by atoms with Gasteiger partial charge in [0, 0.05) is 25.9 Å². The molecule has 2 fully saturated rings. The Morgan fingerprint density at radius 3 is 2.84 bits per heavy atom. The zero-order valence-corrected chi connectivity index (χ0v) is 14.5. The molecule has 7 heteroatoms. The molecular formula is C18H24N4O3. The van der Waals surface area contributed by atoms with E-state index in [1.165, 1.54) is 0 Å². The maximum Gasteiger partial charge on any atom is 0.255 e. The van der Waals surface area contributed by atoms with Gasteiger partial charge < -0.3 is 14.4 Å². The van der Waals surface area contributed by atoms with Crippen molar-refractivity contribution in [1.29, 1.82) is 0 Å². The summed E-state index contributed by atoms with van der Waals surface area (Å²) in [7, 11) is 0.